The Balaban J connectivity index is 2.06. The van der Waals surface area contributed by atoms with Crippen LogP contribution in [0.15, 0.2) is 6.07 Å². The van der Waals surface area contributed by atoms with Gasteiger partial charge in [0, 0.05) is 26.1 Å². The lowest BCUT2D eigenvalue weighted by atomic mass is 9.89. The van der Waals surface area contributed by atoms with Crippen LogP contribution in [-0.2, 0) is 6.42 Å². The molecule has 1 fully saturated rings. The largest absolute Gasteiger partial charge is 0.359 e. The minimum Gasteiger partial charge on any atom is -0.359 e. The quantitative estimate of drug-likeness (QED) is 0.618. The van der Waals surface area contributed by atoms with Gasteiger partial charge in [-0.15, -0.1) is 0 Å². The number of nitrogens with zero attached hydrogens (tertiary/aromatic N) is 3. The third-order valence-corrected chi connectivity index (χ3v) is 4.03. The van der Waals surface area contributed by atoms with Crippen molar-refractivity contribution in [1.29, 1.82) is 0 Å². The lowest BCUT2D eigenvalue weighted by Crippen LogP contribution is -2.28. The van der Waals surface area contributed by atoms with Crippen molar-refractivity contribution in [2.24, 2.45) is 11.8 Å². The third-order valence-electron chi connectivity index (χ3n) is 4.03. The fraction of sp³-hybridized carbons (Fsp3) is 0.733. The molecule has 0 radical (unpaired) electrons. The molecule has 112 valence electrons. The predicted octanol–water partition coefficient (Wildman–Crippen LogP) is 2.73. The molecule has 0 aromatic carbocycles. The van der Waals surface area contributed by atoms with Gasteiger partial charge in [-0.3, -0.25) is 0 Å². The number of hydrazine groups is 1. The molecule has 1 heterocycles. The molecule has 0 spiro atoms. The average Bonchev–Trinajstić information content (AvgIpc) is 2.48. The summed E-state index contributed by atoms with van der Waals surface area (Å²) in [7, 11) is 2.12. The van der Waals surface area contributed by atoms with E-state index in [1.54, 1.807) is 0 Å². The molecule has 0 bridgehead atoms. The number of nitrogens with one attached hydrogen (secondary N) is 1. The summed E-state index contributed by atoms with van der Waals surface area (Å²) < 4.78 is 0. The Labute approximate surface area is 121 Å². The Bertz CT molecular complexity index is 415. The SMILES string of the molecule is CCCc1nc(NN)cc(N(C)CC2CCCCC2)n1. The van der Waals surface area contributed by atoms with Gasteiger partial charge in [-0.1, -0.05) is 26.2 Å². The van der Waals surface area contributed by atoms with E-state index < -0.39 is 0 Å². The van der Waals surface area contributed by atoms with Crippen molar-refractivity contribution in [2.75, 3.05) is 23.9 Å². The third kappa shape index (κ3) is 4.07. The lowest BCUT2D eigenvalue weighted by molar-refractivity contribution is 0.361. The summed E-state index contributed by atoms with van der Waals surface area (Å²) >= 11 is 0. The van der Waals surface area contributed by atoms with Crippen molar-refractivity contribution in [2.45, 2.75) is 51.9 Å². The van der Waals surface area contributed by atoms with Crippen LogP contribution in [-0.4, -0.2) is 23.6 Å². The topological polar surface area (TPSA) is 67.1 Å². The minimum atomic E-state index is 0.703. The van der Waals surface area contributed by atoms with E-state index in [2.05, 4.69) is 34.3 Å². The average molecular weight is 277 g/mol. The number of aryl methyl sites for hydroxylation is 1. The molecule has 5 heteroatoms. The number of hydrogen-bond acceptors (Lipinski definition) is 5. The number of aromatic nitrogens is 2. The van der Waals surface area contributed by atoms with E-state index in [1.807, 2.05) is 6.07 Å². The molecule has 2 rings (SSSR count). The number of anilines is 2. The molecule has 1 aliphatic carbocycles. The molecule has 1 aromatic rings. The predicted molar refractivity (Wildman–Crippen MR) is 83.7 cm³/mol. The van der Waals surface area contributed by atoms with Crippen LogP contribution in [0.2, 0.25) is 0 Å². The molecule has 1 aliphatic rings. The summed E-state index contributed by atoms with van der Waals surface area (Å²) in [5.74, 6) is 8.85. The van der Waals surface area contributed by atoms with Crippen molar-refractivity contribution in [3.05, 3.63) is 11.9 Å². The van der Waals surface area contributed by atoms with E-state index in [4.69, 9.17) is 5.84 Å². The molecule has 0 saturated heterocycles. The van der Waals surface area contributed by atoms with Gasteiger partial charge in [-0.05, 0) is 25.2 Å². The van der Waals surface area contributed by atoms with Crippen LogP contribution in [0, 0.1) is 5.92 Å². The van der Waals surface area contributed by atoms with Crippen molar-refractivity contribution >= 4 is 11.6 Å². The van der Waals surface area contributed by atoms with E-state index in [9.17, 15) is 0 Å². The molecule has 0 aliphatic heterocycles. The number of hydrogen-bond donors (Lipinski definition) is 2. The fourth-order valence-corrected chi connectivity index (χ4v) is 2.94. The molecule has 1 saturated carbocycles. The second kappa shape index (κ2) is 7.43. The van der Waals surface area contributed by atoms with Gasteiger partial charge in [0.25, 0.3) is 0 Å². The molecule has 5 nitrogen and oxygen atoms in total. The summed E-state index contributed by atoms with van der Waals surface area (Å²) in [6.45, 7) is 3.21. The van der Waals surface area contributed by atoms with E-state index in [1.165, 1.54) is 32.1 Å². The summed E-state index contributed by atoms with van der Waals surface area (Å²) in [6, 6.07) is 1.93. The molecular formula is C15H27N5. The van der Waals surface area contributed by atoms with Crippen LogP contribution >= 0.6 is 0 Å². The maximum Gasteiger partial charge on any atom is 0.145 e. The van der Waals surface area contributed by atoms with Gasteiger partial charge >= 0.3 is 0 Å². The van der Waals surface area contributed by atoms with Gasteiger partial charge < -0.3 is 10.3 Å². The van der Waals surface area contributed by atoms with Crippen molar-refractivity contribution in [3.8, 4) is 0 Å². The normalized spacial score (nSPS) is 16.1. The Kier molecular flexibility index (Phi) is 5.59. The maximum absolute atomic E-state index is 5.51. The highest BCUT2D eigenvalue weighted by Crippen LogP contribution is 2.25. The van der Waals surface area contributed by atoms with Crippen molar-refractivity contribution in [3.63, 3.8) is 0 Å². The number of nitrogens with two attached hydrogens (primary N) is 1. The first-order chi connectivity index (χ1) is 9.72. The zero-order chi connectivity index (χ0) is 14.4. The van der Waals surface area contributed by atoms with Gasteiger partial charge in [0.05, 0.1) is 0 Å². The van der Waals surface area contributed by atoms with E-state index >= 15 is 0 Å². The Hall–Kier alpha value is -1.36. The summed E-state index contributed by atoms with van der Waals surface area (Å²) in [6.07, 6.45) is 8.77. The highest BCUT2D eigenvalue weighted by molar-refractivity contribution is 5.48. The van der Waals surface area contributed by atoms with Crippen LogP contribution in [0.25, 0.3) is 0 Å². The summed E-state index contributed by atoms with van der Waals surface area (Å²) in [5, 5.41) is 0. The zero-order valence-corrected chi connectivity index (χ0v) is 12.7. The summed E-state index contributed by atoms with van der Waals surface area (Å²) in [5.41, 5.74) is 2.65. The standard InChI is InChI=1S/C15H27N5/c1-3-7-13-17-14(19-16)10-15(18-13)20(2)11-12-8-5-4-6-9-12/h10,12H,3-9,11,16H2,1-2H3,(H,17,18,19). The molecule has 0 amide bonds. The van der Waals surface area contributed by atoms with E-state index in [-0.39, 0.29) is 0 Å². The monoisotopic (exact) mass is 277 g/mol. The van der Waals surface area contributed by atoms with Gasteiger partial charge in [-0.25, -0.2) is 15.8 Å². The van der Waals surface area contributed by atoms with E-state index in [0.717, 1.165) is 36.9 Å². The van der Waals surface area contributed by atoms with Crippen LogP contribution in [0.5, 0.6) is 0 Å². The first kappa shape index (κ1) is 15.0. The second-order valence-corrected chi connectivity index (χ2v) is 5.81. The van der Waals surface area contributed by atoms with Gasteiger partial charge in [0.15, 0.2) is 0 Å². The maximum atomic E-state index is 5.51. The summed E-state index contributed by atoms with van der Waals surface area (Å²) in [4.78, 5) is 11.3. The molecule has 0 atom stereocenters. The van der Waals surface area contributed by atoms with E-state index in [0.29, 0.717) is 5.82 Å². The van der Waals surface area contributed by atoms with Crippen LogP contribution in [0.1, 0.15) is 51.3 Å². The second-order valence-electron chi connectivity index (χ2n) is 5.81. The molecule has 0 unspecified atom stereocenters. The van der Waals surface area contributed by atoms with Crippen LogP contribution in [0.3, 0.4) is 0 Å². The molecule has 1 aromatic heterocycles. The lowest BCUT2D eigenvalue weighted by Gasteiger charge is -2.28. The first-order valence-corrected chi connectivity index (χ1v) is 7.78. The smallest absolute Gasteiger partial charge is 0.145 e. The van der Waals surface area contributed by atoms with Gasteiger partial charge in [0.2, 0.25) is 0 Å². The zero-order valence-electron chi connectivity index (χ0n) is 12.7. The molecule has 20 heavy (non-hydrogen) atoms. The first-order valence-electron chi connectivity index (χ1n) is 7.78. The molecular weight excluding hydrogens is 250 g/mol. The fourth-order valence-electron chi connectivity index (χ4n) is 2.94. The Morgan fingerprint density at radius 1 is 1.30 bits per heavy atom. The van der Waals surface area contributed by atoms with Crippen LogP contribution < -0.4 is 16.2 Å². The Morgan fingerprint density at radius 3 is 2.70 bits per heavy atom. The Morgan fingerprint density at radius 2 is 2.05 bits per heavy atom. The highest BCUT2D eigenvalue weighted by Gasteiger charge is 2.17. The van der Waals surface area contributed by atoms with Crippen LogP contribution in [0.4, 0.5) is 11.6 Å². The number of nitrogen functional groups attached to an aromatic ring is 1. The van der Waals surface area contributed by atoms with Crippen molar-refractivity contribution < 1.29 is 0 Å². The molecule has 3 N–H and O–H groups in total. The van der Waals surface area contributed by atoms with Gasteiger partial charge in [-0.2, -0.15) is 0 Å². The number of rotatable bonds is 6. The highest BCUT2D eigenvalue weighted by atomic mass is 15.3. The van der Waals surface area contributed by atoms with Gasteiger partial charge in [0.1, 0.15) is 17.5 Å². The van der Waals surface area contributed by atoms with Crippen molar-refractivity contribution in [1.82, 2.24) is 9.97 Å². The minimum absolute atomic E-state index is 0.703.